The van der Waals surface area contributed by atoms with Gasteiger partial charge in [0.2, 0.25) is 0 Å². The van der Waals surface area contributed by atoms with Gasteiger partial charge in [-0.15, -0.1) is 0 Å². The van der Waals surface area contributed by atoms with Crippen LogP contribution in [0.5, 0.6) is 5.75 Å². The standard InChI is InChI=1S/C27H26N2O3S/c1-17(2)19-10-12-21(13-11-19)29-26(30)24(28-20-6-5-7-22(16-20)32-4)25(27(29)31)33-23-14-8-18(3)9-15-23/h5-17,28H,1-4H3. The topological polar surface area (TPSA) is 58.6 Å². The summed E-state index contributed by atoms with van der Waals surface area (Å²) in [5.74, 6) is 0.300. The molecule has 0 saturated carbocycles. The first-order valence-corrected chi connectivity index (χ1v) is 11.6. The highest BCUT2D eigenvalue weighted by Crippen LogP contribution is 2.38. The number of nitrogens with one attached hydrogen (secondary N) is 1. The van der Waals surface area contributed by atoms with Crippen LogP contribution in [0.2, 0.25) is 0 Å². The first-order valence-electron chi connectivity index (χ1n) is 10.8. The van der Waals surface area contributed by atoms with Crippen LogP contribution in [0, 0.1) is 6.92 Å². The molecule has 1 aliphatic heterocycles. The number of nitrogens with zero attached hydrogens (tertiary/aromatic N) is 1. The van der Waals surface area contributed by atoms with Gasteiger partial charge in [-0.3, -0.25) is 9.59 Å². The molecule has 5 nitrogen and oxygen atoms in total. The van der Waals surface area contributed by atoms with Gasteiger partial charge in [-0.05, 0) is 54.8 Å². The maximum absolute atomic E-state index is 13.5. The number of carbonyl (C=O) groups excluding carboxylic acids is 2. The van der Waals surface area contributed by atoms with Gasteiger partial charge in [0.05, 0.1) is 12.8 Å². The van der Waals surface area contributed by atoms with Crippen molar-refractivity contribution in [2.75, 3.05) is 17.3 Å². The summed E-state index contributed by atoms with van der Waals surface area (Å²) in [5, 5.41) is 3.17. The Labute approximate surface area is 198 Å². The average Bonchev–Trinajstić information content (AvgIpc) is 3.04. The van der Waals surface area contributed by atoms with Gasteiger partial charge in [0.15, 0.2) is 0 Å². The molecule has 0 saturated heterocycles. The van der Waals surface area contributed by atoms with E-state index in [0.29, 0.717) is 27.9 Å². The van der Waals surface area contributed by atoms with Crippen molar-refractivity contribution in [2.24, 2.45) is 0 Å². The molecule has 168 valence electrons. The molecule has 1 N–H and O–H groups in total. The van der Waals surface area contributed by atoms with Crippen LogP contribution in [0.3, 0.4) is 0 Å². The van der Waals surface area contributed by atoms with Crippen molar-refractivity contribution in [3.8, 4) is 5.75 Å². The molecule has 1 aliphatic rings. The first-order chi connectivity index (χ1) is 15.9. The third-order valence-electron chi connectivity index (χ3n) is 5.44. The summed E-state index contributed by atoms with van der Waals surface area (Å²) < 4.78 is 5.30. The van der Waals surface area contributed by atoms with Crippen LogP contribution in [-0.2, 0) is 9.59 Å². The number of carbonyl (C=O) groups is 2. The van der Waals surface area contributed by atoms with Crippen LogP contribution >= 0.6 is 11.8 Å². The van der Waals surface area contributed by atoms with E-state index < -0.39 is 0 Å². The van der Waals surface area contributed by atoms with Gasteiger partial charge in [0, 0.05) is 16.6 Å². The summed E-state index contributed by atoms with van der Waals surface area (Å²) in [5.41, 5.74) is 3.76. The van der Waals surface area contributed by atoms with Crippen LogP contribution in [0.25, 0.3) is 0 Å². The molecule has 2 amide bonds. The van der Waals surface area contributed by atoms with Gasteiger partial charge in [0.25, 0.3) is 11.8 Å². The van der Waals surface area contributed by atoms with E-state index in [1.807, 2.05) is 73.7 Å². The van der Waals surface area contributed by atoms with E-state index in [9.17, 15) is 9.59 Å². The highest BCUT2D eigenvalue weighted by atomic mass is 32.2. The Morgan fingerprint density at radius 1 is 0.909 bits per heavy atom. The number of thioether (sulfide) groups is 1. The van der Waals surface area contributed by atoms with Gasteiger partial charge >= 0.3 is 0 Å². The number of aryl methyl sites for hydroxylation is 1. The number of imide groups is 1. The molecule has 6 heteroatoms. The van der Waals surface area contributed by atoms with Crippen molar-refractivity contribution in [3.63, 3.8) is 0 Å². The molecule has 0 fully saturated rings. The average molecular weight is 459 g/mol. The molecule has 0 unspecified atom stereocenters. The minimum Gasteiger partial charge on any atom is -0.497 e. The molecule has 4 rings (SSSR count). The zero-order chi connectivity index (χ0) is 23.5. The quantitative estimate of drug-likeness (QED) is 0.433. The van der Waals surface area contributed by atoms with E-state index in [1.165, 1.54) is 16.7 Å². The van der Waals surface area contributed by atoms with Crippen LogP contribution in [0.1, 0.15) is 30.9 Å². The minimum atomic E-state index is -0.380. The largest absolute Gasteiger partial charge is 0.497 e. The predicted octanol–water partition coefficient (Wildman–Crippen LogP) is 6.12. The summed E-state index contributed by atoms with van der Waals surface area (Å²) in [4.78, 5) is 29.5. The van der Waals surface area contributed by atoms with Gasteiger partial charge in [-0.25, -0.2) is 4.90 Å². The Morgan fingerprint density at radius 2 is 1.61 bits per heavy atom. The Hall–Kier alpha value is -3.51. The van der Waals surface area contributed by atoms with E-state index in [4.69, 9.17) is 4.74 Å². The Bertz CT molecular complexity index is 1210. The van der Waals surface area contributed by atoms with Gasteiger partial charge in [-0.2, -0.15) is 0 Å². The Balaban J connectivity index is 1.72. The van der Waals surface area contributed by atoms with Gasteiger partial charge in [0.1, 0.15) is 16.4 Å². The van der Waals surface area contributed by atoms with E-state index in [2.05, 4.69) is 19.2 Å². The first kappa shape index (κ1) is 22.7. The number of ether oxygens (including phenoxy) is 1. The summed E-state index contributed by atoms with van der Waals surface area (Å²) in [7, 11) is 1.59. The normalized spacial score (nSPS) is 13.8. The van der Waals surface area contributed by atoms with E-state index >= 15 is 0 Å². The number of hydrogen-bond acceptors (Lipinski definition) is 5. The number of hydrogen-bond donors (Lipinski definition) is 1. The lowest BCUT2D eigenvalue weighted by atomic mass is 10.0. The number of methoxy groups -OCH3 is 1. The van der Waals surface area contributed by atoms with Gasteiger partial charge in [-0.1, -0.05) is 61.5 Å². The molecule has 0 aromatic heterocycles. The van der Waals surface area contributed by atoms with Crippen LogP contribution in [0.15, 0.2) is 88.3 Å². The zero-order valence-electron chi connectivity index (χ0n) is 19.1. The molecule has 0 radical (unpaired) electrons. The predicted molar refractivity (Wildman–Crippen MR) is 134 cm³/mol. The summed E-state index contributed by atoms with van der Waals surface area (Å²) >= 11 is 1.29. The van der Waals surface area contributed by atoms with Crippen LogP contribution in [-0.4, -0.2) is 18.9 Å². The second kappa shape index (κ2) is 9.55. The van der Waals surface area contributed by atoms with Crippen molar-refractivity contribution in [1.29, 1.82) is 0 Å². The fraction of sp³-hybridized carbons (Fsp3) is 0.185. The van der Waals surface area contributed by atoms with Gasteiger partial charge < -0.3 is 10.1 Å². The smallest absolute Gasteiger partial charge is 0.283 e. The third kappa shape index (κ3) is 4.81. The number of rotatable bonds is 7. The third-order valence-corrected chi connectivity index (χ3v) is 6.53. The molecule has 0 aliphatic carbocycles. The van der Waals surface area contributed by atoms with E-state index in [0.717, 1.165) is 16.0 Å². The van der Waals surface area contributed by atoms with Crippen molar-refractivity contribution in [2.45, 2.75) is 31.6 Å². The Morgan fingerprint density at radius 3 is 2.24 bits per heavy atom. The molecule has 3 aromatic carbocycles. The molecule has 0 spiro atoms. The molecule has 3 aromatic rings. The maximum Gasteiger partial charge on any atom is 0.283 e. The molecular weight excluding hydrogens is 432 g/mol. The lowest BCUT2D eigenvalue weighted by Crippen LogP contribution is -2.32. The second-order valence-electron chi connectivity index (χ2n) is 8.17. The lowest BCUT2D eigenvalue weighted by molar-refractivity contribution is -0.120. The molecule has 0 atom stereocenters. The summed E-state index contributed by atoms with van der Waals surface area (Å²) in [6.45, 7) is 6.22. The fourth-order valence-corrected chi connectivity index (χ4v) is 4.45. The van der Waals surface area contributed by atoms with Crippen LogP contribution < -0.4 is 15.0 Å². The highest BCUT2D eigenvalue weighted by Gasteiger charge is 2.40. The lowest BCUT2D eigenvalue weighted by Gasteiger charge is -2.16. The summed E-state index contributed by atoms with van der Waals surface area (Å²) in [6, 6.07) is 22.7. The monoisotopic (exact) mass is 458 g/mol. The molecule has 33 heavy (non-hydrogen) atoms. The maximum atomic E-state index is 13.5. The van der Waals surface area contributed by atoms with Crippen molar-refractivity contribution < 1.29 is 14.3 Å². The Kier molecular flexibility index (Phi) is 6.56. The highest BCUT2D eigenvalue weighted by molar-refractivity contribution is 8.04. The molecule has 0 bridgehead atoms. The van der Waals surface area contributed by atoms with E-state index in [1.54, 1.807) is 13.2 Å². The number of amides is 2. The number of anilines is 2. The van der Waals surface area contributed by atoms with Crippen molar-refractivity contribution >= 4 is 35.0 Å². The van der Waals surface area contributed by atoms with E-state index in [-0.39, 0.29) is 17.5 Å². The molecular formula is C27H26N2O3S. The zero-order valence-corrected chi connectivity index (χ0v) is 19.9. The van der Waals surface area contributed by atoms with Crippen molar-refractivity contribution in [1.82, 2.24) is 0 Å². The fourth-order valence-electron chi connectivity index (χ4n) is 3.53. The number of benzene rings is 3. The van der Waals surface area contributed by atoms with Crippen molar-refractivity contribution in [3.05, 3.63) is 94.5 Å². The molecule has 1 heterocycles. The SMILES string of the molecule is COc1cccc(NC2=C(Sc3ccc(C)cc3)C(=O)N(c3ccc(C(C)C)cc3)C2=O)c1. The minimum absolute atomic E-state index is 0.256. The second-order valence-corrected chi connectivity index (χ2v) is 9.25. The summed E-state index contributed by atoms with van der Waals surface area (Å²) in [6.07, 6.45) is 0. The van der Waals surface area contributed by atoms with Crippen LogP contribution in [0.4, 0.5) is 11.4 Å².